The third kappa shape index (κ3) is 6.68. The fraction of sp³-hybridized carbons (Fsp3) is 0.407. The van der Waals surface area contributed by atoms with Gasteiger partial charge in [0, 0.05) is 18.7 Å². The Bertz CT molecular complexity index is 1210. The van der Waals surface area contributed by atoms with Gasteiger partial charge in [-0.1, -0.05) is 24.3 Å². The summed E-state index contributed by atoms with van der Waals surface area (Å²) >= 11 is 0. The van der Waals surface area contributed by atoms with Crippen molar-refractivity contribution in [2.75, 3.05) is 6.54 Å². The molecule has 186 valence electrons. The normalized spacial score (nSPS) is 11.3. The summed E-state index contributed by atoms with van der Waals surface area (Å²) in [6, 6.07) is 13.3. The molecule has 35 heavy (non-hydrogen) atoms. The minimum atomic E-state index is -0.518. The Morgan fingerprint density at radius 2 is 1.91 bits per heavy atom. The number of imidazole rings is 1. The number of ether oxygens (including phenoxy) is 1. The first-order valence-electron chi connectivity index (χ1n) is 11.9. The van der Waals surface area contributed by atoms with Crippen LogP contribution < -0.4 is 5.32 Å². The van der Waals surface area contributed by atoms with E-state index in [1.165, 1.54) is 4.90 Å². The van der Waals surface area contributed by atoms with Crippen LogP contribution in [0, 0.1) is 6.92 Å². The fourth-order valence-electron chi connectivity index (χ4n) is 3.92. The topological polar surface area (TPSA) is 93.5 Å². The van der Waals surface area contributed by atoms with Gasteiger partial charge in [-0.25, -0.2) is 9.78 Å². The summed E-state index contributed by atoms with van der Waals surface area (Å²) in [5.74, 6) is 0.311. The molecule has 0 radical (unpaired) electrons. The predicted octanol–water partition coefficient (Wildman–Crippen LogP) is 4.62. The molecule has 0 aliphatic carbocycles. The second-order valence-electron chi connectivity index (χ2n) is 9.48. The van der Waals surface area contributed by atoms with E-state index in [4.69, 9.17) is 9.72 Å². The molecule has 0 unspecified atom stereocenters. The molecule has 0 saturated heterocycles. The van der Waals surface area contributed by atoms with E-state index in [0.29, 0.717) is 30.9 Å². The van der Waals surface area contributed by atoms with Crippen LogP contribution in [0.3, 0.4) is 0 Å². The third-order valence-electron chi connectivity index (χ3n) is 5.59. The number of carbonyl (C=O) groups excluding carboxylic acids is 3. The van der Waals surface area contributed by atoms with Gasteiger partial charge >= 0.3 is 6.09 Å². The number of hydrogen-bond donors (Lipinski definition) is 1. The fourth-order valence-corrected chi connectivity index (χ4v) is 3.92. The molecular formula is C27H34N4O4. The molecule has 0 atom stereocenters. The Balaban J connectivity index is 1.71. The molecule has 3 aromatic rings. The maximum atomic E-state index is 13.0. The van der Waals surface area contributed by atoms with E-state index in [1.54, 1.807) is 12.1 Å². The van der Waals surface area contributed by atoms with Gasteiger partial charge in [0.2, 0.25) is 6.41 Å². The summed E-state index contributed by atoms with van der Waals surface area (Å²) in [5.41, 5.74) is 3.68. The molecule has 0 bridgehead atoms. The van der Waals surface area contributed by atoms with Crippen molar-refractivity contribution in [1.29, 1.82) is 0 Å². The Morgan fingerprint density at radius 3 is 2.57 bits per heavy atom. The molecule has 0 aliphatic heterocycles. The highest BCUT2D eigenvalue weighted by molar-refractivity contribution is 6.00. The Labute approximate surface area is 206 Å². The summed E-state index contributed by atoms with van der Waals surface area (Å²) in [6.07, 6.45) is 1.70. The molecule has 1 N–H and O–H groups in total. The number of aryl methyl sites for hydroxylation is 3. The van der Waals surface area contributed by atoms with Crippen LogP contribution in [0.4, 0.5) is 4.79 Å². The minimum absolute atomic E-state index is 0.0916. The monoisotopic (exact) mass is 478 g/mol. The van der Waals surface area contributed by atoms with Crippen molar-refractivity contribution in [3.8, 4) is 0 Å². The standard InChI is InChI=1S/C27H34N4O4/c1-6-31-23-16-20(11-9-15-28-26(34)35-27(3,4)5)13-14-22(23)29-24(31)17-30(18-32)25(33)21-12-8-7-10-19(21)2/h7-8,10,12-14,16,18H,6,9,11,15,17H2,1-5H3,(H,28,34). The van der Waals surface area contributed by atoms with Crippen LogP contribution in [-0.2, 0) is 29.0 Å². The van der Waals surface area contributed by atoms with Crippen molar-refractivity contribution in [1.82, 2.24) is 19.8 Å². The number of nitrogens with zero attached hydrogens (tertiary/aromatic N) is 3. The molecule has 1 heterocycles. The first kappa shape index (κ1) is 25.9. The lowest BCUT2D eigenvalue weighted by molar-refractivity contribution is -0.116. The van der Waals surface area contributed by atoms with E-state index in [1.807, 2.05) is 63.5 Å². The van der Waals surface area contributed by atoms with Gasteiger partial charge in [0.15, 0.2) is 0 Å². The van der Waals surface area contributed by atoms with Crippen LogP contribution in [0.15, 0.2) is 42.5 Å². The number of alkyl carbamates (subject to hydrolysis) is 1. The van der Waals surface area contributed by atoms with Gasteiger partial charge < -0.3 is 14.6 Å². The average Bonchev–Trinajstić information content (AvgIpc) is 3.15. The van der Waals surface area contributed by atoms with Crippen LogP contribution >= 0.6 is 0 Å². The van der Waals surface area contributed by atoms with Crippen LogP contribution in [-0.4, -0.2) is 45.0 Å². The molecule has 8 nitrogen and oxygen atoms in total. The number of carbonyl (C=O) groups is 3. The first-order valence-corrected chi connectivity index (χ1v) is 11.9. The van der Waals surface area contributed by atoms with E-state index in [2.05, 4.69) is 11.4 Å². The summed E-state index contributed by atoms with van der Waals surface area (Å²) in [4.78, 5) is 42.4. The van der Waals surface area contributed by atoms with Gasteiger partial charge in [0.25, 0.3) is 5.91 Å². The predicted molar refractivity (Wildman–Crippen MR) is 135 cm³/mol. The Kier molecular flexibility index (Phi) is 8.27. The quantitative estimate of drug-likeness (QED) is 0.358. The van der Waals surface area contributed by atoms with Crippen LogP contribution in [0.5, 0.6) is 0 Å². The largest absolute Gasteiger partial charge is 0.444 e. The zero-order chi connectivity index (χ0) is 25.6. The smallest absolute Gasteiger partial charge is 0.407 e. The van der Waals surface area contributed by atoms with Crippen LogP contribution in [0.1, 0.15) is 61.4 Å². The lowest BCUT2D eigenvalue weighted by atomic mass is 10.1. The van der Waals surface area contributed by atoms with E-state index in [9.17, 15) is 14.4 Å². The lowest BCUT2D eigenvalue weighted by Crippen LogP contribution is -2.33. The minimum Gasteiger partial charge on any atom is -0.444 e. The highest BCUT2D eigenvalue weighted by Gasteiger charge is 2.21. The summed E-state index contributed by atoms with van der Waals surface area (Å²) in [6.45, 7) is 10.6. The van der Waals surface area contributed by atoms with Crippen molar-refractivity contribution in [2.24, 2.45) is 0 Å². The van der Waals surface area contributed by atoms with Crippen LogP contribution in [0.2, 0.25) is 0 Å². The number of benzene rings is 2. The lowest BCUT2D eigenvalue weighted by Gasteiger charge is -2.19. The summed E-state index contributed by atoms with van der Waals surface area (Å²) in [5, 5.41) is 2.78. The van der Waals surface area contributed by atoms with E-state index >= 15 is 0 Å². The molecule has 3 amide bonds. The molecule has 2 aromatic carbocycles. The zero-order valence-corrected chi connectivity index (χ0v) is 21.1. The Hall–Kier alpha value is -3.68. The van der Waals surface area contributed by atoms with E-state index in [0.717, 1.165) is 35.0 Å². The van der Waals surface area contributed by atoms with Gasteiger partial charge in [0.05, 0.1) is 17.6 Å². The van der Waals surface area contributed by atoms with Gasteiger partial charge in [-0.2, -0.15) is 0 Å². The number of rotatable bonds is 9. The Morgan fingerprint density at radius 1 is 1.17 bits per heavy atom. The number of nitrogens with one attached hydrogen (secondary N) is 1. The molecule has 0 aliphatic rings. The number of aromatic nitrogens is 2. The second-order valence-corrected chi connectivity index (χ2v) is 9.48. The first-order chi connectivity index (χ1) is 16.6. The summed E-state index contributed by atoms with van der Waals surface area (Å²) < 4.78 is 7.29. The van der Waals surface area contributed by atoms with Crippen molar-refractivity contribution < 1.29 is 19.1 Å². The van der Waals surface area contributed by atoms with Crippen LogP contribution in [0.25, 0.3) is 11.0 Å². The number of amides is 3. The van der Waals surface area contributed by atoms with Gasteiger partial charge in [0.1, 0.15) is 11.4 Å². The van der Waals surface area contributed by atoms with Gasteiger partial charge in [-0.05, 0) is 76.8 Å². The maximum Gasteiger partial charge on any atom is 0.407 e. The average molecular weight is 479 g/mol. The number of hydrogen-bond acceptors (Lipinski definition) is 5. The van der Waals surface area contributed by atoms with Crippen molar-refractivity contribution in [3.05, 3.63) is 65.0 Å². The third-order valence-corrected chi connectivity index (χ3v) is 5.59. The highest BCUT2D eigenvalue weighted by atomic mass is 16.6. The summed E-state index contributed by atoms with van der Waals surface area (Å²) in [7, 11) is 0. The highest BCUT2D eigenvalue weighted by Crippen LogP contribution is 2.21. The van der Waals surface area contributed by atoms with E-state index in [-0.39, 0.29) is 12.5 Å². The molecule has 8 heteroatoms. The molecule has 0 saturated carbocycles. The molecule has 1 aromatic heterocycles. The zero-order valence-electron chi connectivity index (χ0n) is 21.1. The number of fused-ring (bicyclic) bond motifs is 1. The number of imide groups is 1. The van der Waals surface area contributed by atoms with Gasteiger partial charge in [-0.15, -0.1) is 0 Å². The molecule has 3 rings (SSSR count). The van der Waals surface area contributed by atoms with Crippen molar-refractivity contribution >= 4 is 29.4 Å². The van der Waals surface area contributed by atoms with Gasteiger partial charge in [-0.3, -0.25) is 14.5 Å². The maximum absolute atomic E-state index is 13.0. The second kappa shape index (κ2) is 11.2. The van der Waals surface area contributed by atoms with Crippen molar-refractivity contribution in [3.63, 3.8) is 0 Å². The van der Waals surface area contributed by atoms with Crippen molar-refractivity contribution in [2.45, 2.75) is 66.2 Å². The molecule has 0 fully saturated rings. The SMILES string of the molecule is CCn1c(CN(C=O)C(=O)c2ccccc2C)nc2ccc(CCCNC(=O)OC(C)(C)C)cc21. The molecule has 0 spiro atoms. The van der Waals surface area contributed by atoms with E-state index < -0.39 is 11.7 Å². The molecular weight excluding hydrogens is 444 g/mol.